The predicted molar refractivity (Wildman–Crippen MR) is 80.8 cm³/mol. The highest BCUT2D eigenvalue weighted by molar-refractivity contribution is 7.81. The van der Waals surface area contributed by atoms with Gasteiger partial charge in [0.1, 0.15) is 5.00 Å². The SMILES string of the molecule is NC(=O)c1cc(-c2ccccc2)sc1NC(=O)CS. The van der Waals surface area contributed by atoms with Gasteiger partial charge in [-0.25, -0.2) is 0 Å². The van der Waals surface area contributed by atoms with Crippen molar-refractivity contribution in [2.45, 2.75) is 0 Å². The molecular formula is C13H12N2O2S2. The van der Waals surface area contributed by atoms with E-state index < -0.39 is 5.91 Å². The number of carbonyl (C=O) groups is 2. The van der Waals surface area contributed by atoms with E-state index in [0.29, 0.717) is 10.6 Å². The second kappa shape index (κ2) is 5.90. The molecule has 0 bridgehead atoms. The molecule has 0 spiro atoms. The van der Waals surface area contributed by atoms with Gasteiger partial charge in [0.15, 0.2) is 0 Å². The van der Waals surface area contributed by atoms with E-state index in [0.717, 1.165) is 10.4 Å². The molecule has 1 aromatic carbocycles. The van der Waals surface area contributed by atoms with Crippen LogP contribution in [0.4, 0.5) is 5.00 Å². The Bertz CT molecular complexity index is 608. The van der Waals surface area contributed by atoms with Gasteiger partial charge in [0.2, 0.25) is 5.91 Å². The third-order valence-electron chi connectivity index (χ3n) is 2.45. The Hall–Kier alpha value is -1.79. The van der Waals surface area contributed by atoms with E-state index in [1.54, 1.807) is 6.07 Å². The highest BCUT2D eigenvalue weighted by Crippen LogP contribution is 2.35. The van der Waals surface area contributed by atoms with Crippen LogP contribution in [-0.4, -0.2) is 17.6 Å². The lowest BCUT2D eigenvalue weighted by Gasteiger charge is -2.01. The molecule has 19 heavy (non-hydrogen) atoms. The Kier molecular flexibility index (Phi) is 4.24. The molecule has 2 rings (SSSR count). The highest BCUT2D eigenvalue weighted by atomic mass is 32.1. The van der Waals surface area contributed by atoms with E-state index in [4.69, 9.17) is 5.73 Å². The van der Waals surface area contributed by atoms with Crippen LogP contribution in [0, 0.1) is 0 Å². The molecule has 3 N–H and O–H groups in total. The van der Waals surface area contributed by atoms with Gasteiger partial charge < -0.3 is 11.1 Å². The molecule has 2 amide bonds. The number of nitrogens with two attached hydrogens (primary N) is 1. The molecule has 0 fully saturated rings. The summed E-state index contributed by atoms with van der Waals surface area (Å²) in [5.41, 5.74) is 6.61. The van der Waals surface area contributed by atoms with E-state index >= 15 is 0 Å². The van der Waals surface area contributed by atoms with Crippen molar-refractivity contribution < 1.29 is 9.59 Å². The van der Waals surface area contributed by atoms with Crippen molar-refractivity contribution in [3.05, 3.63) is 42.0 Å². The Morgan fingerprint density at radius 2 is 1.95 bits per heavy atom. The molecule has 6 heteroatoms. The van der Waals surface area contributed by atoms with Crippen molar-refractivity contribution >= 4 is 40.8 Å². The third-order valence-corrected chi connectivity index (χ3v) is 3.84. The zero-order valence-corrected chi connectivity index (χ0v) is 11.6. The summed E-state index contributed by atoms with van der Waals surface area (Å²) in [5.74, 6) is -0.781. The van der Waals surface area contributed by atoms with E-state index in [9.17, 15) is 9.59 Å². The average Bonchev–Trinajstić information content (AvgIpc) is 2.83. The molecule has 0 atom stereocenters. The lowest BCUT2D eigenvalue weighted by molar-refractivity contribution is -0.113. The fourth-order valence-electron chi connectivity index (χ4n) is 1.58. The molecule has 98 valence electrons. The van der Waals surface area contributed by atoms with Crippen LogP contribution in [0.25, 0.3) is 10.4 Å². The van der Waals surface area contributed by atoms with Crippen LogP contribution >= 0.6 is 24.0 Å². The minimum atomic E-state index is -0.562. The number of primary amides is 1. The van der Waals surface area contributed by atoms with Gasteiger partial charge in [-0.15, -0.1) is 11.3 Å². The van der Waals surface area contributed by atoms with Gasteiger partial charge in [-0.3, -0.25) is 9.59 Å². The molecule has 4 nitrogen and oxygen atoms in total. The van der Waals surface area contributed by atoms with Gasteiger partial charge in [0, 0.05) is 4.88 Å². The monoisotopic (exact) mass is 292 g/mol. The molecular weight excluding hydrogens is 280 g/mol. The number of carbonyl (C=O) groups excluding carboxylic acids is 2. The van der Waals surface area contributed by atoms with Gasteiger partial charge in [-0.05, 0) is 11.6 Å². The van der Waals surface area contributed by atoms with Crippen LogP contribution in [0.5, 0.6) is 0 Å². The molecule has 0 aliphatic heterocycles. The number of amides is 2. The highest BCUT2D eigenvalue weighted by Gasteiger charge is 2.16. The second-order valence-electron chi connectivity index (χ2n) is 3.79. The summed E-state index contributed by atoms with van der Waals surface area (Å²) >= 11 is 5.20. The molecule has 0 saturated heterocycles. The number of anilines is 1. The number of thiophene rings is 1. The standard InChI is InChI=1S/C13H12N2O2S2/c14-12(17)9-6-10(8-4-2-1-3-5-8)19-13(9)15-11(16)7-18/h1-6,18H,7H2,(H2,14,17)(H,15,16). The predicted octanol–water partition coefficient (Wildman–Crippen LogP) is 2.38. The van der Waals surface area contributed by atoms with Crippen LogP contribution in [0.15, 0.2) is 36.4 Å². The number of rotatable bonds is 4. The van der Waals surface area contributed by atoms with Crippen molar-refractivity contribution in [2.24, 2.45) is 5.73 Å². The lowest BCUT2D eigenvalue weighted by Crippen LogP contribution is -2.16. The molecule has 2 aromatic rings. The molecule has 0 aliphatic carbocycles. The summed E-state index contributed by atoms with van der Waals surface area (Å²) in [6.45, 7) is 0. The zero-order chi connectivity index (χ0) is 13.8. The first kappa shape index (κ1) is 13.6. The average molecular weight is 292 g/mol. The second-order valence-corrected chi connectivity index (χ2v) is 5.16. The first-order chi connectivity index (χ1) is 9.11. The summed E-state index contributed by atoms with van der Waals surface area (Å²) < 4.78 is 0. The van der Waals surface area contributed by atoms with Gasteiger partial charge >= 0.3 is 0 Å². The molecule has 0 radical (unpaired) electrons. The Morgan fingerprint density at radius 3 is 2.53 bits per heavy atom. The largest absolute Gasteiger partial charge is 0.366 e. The summed E-state index contributed by atoms with van der Waals surface area (Å²) in [7, 11) is 0. The number of thiol groups is 1. The molecule has 1 heterocycles. The first-order valence-corrected chi connectivity index (χ1v) is 6.96. The summed E-state index contributed by atoms with van der Waals surface area (Å²) in [4.78, 5) is 23.6. The Morgan fingerprint density at radius 1 is 1.26 bits per heavy atom. The normalized spacial score (nSPS) is 10.2. The minimum Gasteiger partial charge on any atom is -0.366 e. The quantitative estimate of drug-likeness (QED) is 0.757. The zero-order valence-electron chi connectivity index (χ0n) is 9.92. The fraction of sp³-hybridized carbons (Fsp3) is 0.0769. The fourth-order valence-corrected chi connectivity index (χ4v) is 2.74. The van der Waals surface area contributed by atoms with Crippen molar-refractivity contribution in [1.82, 2.24) is 0 Å². The van der Waals surface area contributed by atoms with Gasteiger partial charge in [-0.1, -0.05) is 30.3 Å². The van der Waals surface area contributed by atoms with Crippen molar-refractivity contribution in [2.75, 3.05) is 11.1 Å². The topological polar surface area (TPSA) is 72.2 Å². The number of hydrogen-bond donors (Lipinski definition) is 3. The number of nitrogens with one attached hydrogen (secondary N) is 1. The van der Waals surface area contributed by atoms with Crippen LogP contribution in [0.3, 0.4) is 0 Å². The Labute approximate surface area is 120 Å². The summed E-state index contributed by atoms with van der Waals surface area (Å²) in [6, 6.07) is 11.3. The minimum absolute atomic E-state index is 0.0524. The maximum atomic E-state index is 11.4. The summed E-state index contributed by atoms with van der Waals surface area (Å²) in [5, 5.41) is 3.10. The maximum absolute atomic E-state index is 11.4. The van der Waals surface area contributed by atoms with Crippen molar-refractivity contribution in [1.29, 1.82) is 0 Å². The van der Waals surface area contributed by atoms with Gasteiger partial charge in [-0.2, -0.15) is 12.6 Å². The third kappa shape index (κ3) is 3.15. The van der Waals surface area contributed by atoms with Crippen LogP contribution in [0.1, 0.15) is 10.4 Å². The van der Waals surface area contributed by atoms with E-state index in [-0.39, 0.29) is 11.7 Å². The molecule has 0 unspecified atom stereocenters. The maximum Gasteiger partial charge on any atom is 0.251 e. The van der Waals surface area contributed by atoms with Gasteiger partial charge in [0.05, 0.1) is 11.3 Å². The molecule has 1 aromatic heterocycles. The first-order valence-electron chi connectivity index (χ1n) is 5.51. The number of hydrogen-bond acceptors (Lipinski definition) is 4. The Balaban J connectivity index is 2.41. The lowest BCUT2D eigenvalue weighted by atomic mass is 10.1. The molecule has 0 saturated carbocycles. The van der Waals surface area contributed by atoms with Crippen LogP contribution in [-0.2, 0) is 4.79 Å². The van der Waals surface area contributed by atoms with Crippen LogP contribution in [0.2, 0.25) is 0 Å². The van der Waals surface area contributed by atoms with Crippen molar-refractivity contribution in [3.63, 3.8) is 0 Å². The smallest absolute Gasteiger partial charge is 0.251 e. The summed E-state index contributed by atoms with van der Waals surface area (Å²) in [6.07, 6.45) is 0. The van der Waals surface area contributed by atoms with Gasteiger partial charge in [0.25, 0.3) is 5.91 Å². The molecule has 0 aliphatic rings. The van der Waals surface area contributed by atoms with E-state index in [2.05, 4.69) is 17.9 Å². The van der Waals surface area contributed by atoms with E-state index in [1.165, 1.54) is 11.3 Å². The van der Waals surface area contributed by atoms with E-state index in [1.807, 2.05) is 30.3 Å². The number of benzene rings is 1. The van der Waals surface area contributed by atoms with Crippen LogP contribution < -0.4 is 11.1 Å². The van der Waals surface area contributed by atoms with Crippen molar-refractivity contribution in [3.8, 4) is 10.4 Å².